The van der Waals surface area contributed by atoms with Gasteiger partial charge in [0.1, 0.15) is 5.54 Å². The summed E-state index contributed by atoms with van der Waals surface area (Å²) in [6.45, 7) is 3.14. The zero-order valence-corrected chi connectivity index (χ0v) is 8.97. The smallest absolute Gasteiger partial charge is 0.331 e. The van der Waals surface area contributed by atoms with Crippen LogP contribution in [0, 0.1) is 0 Å². The van der Waals surface area contributed by atoms with Crippen LogP contribution in [0.4, 0.5) is 8.78 Å². The first-order valence-corrected chi connectivity index (χ1v) is 4.56. The van der Waals surface area contributed by atoms with E-state index >= 15 is 0 Å². The molecule has 0 radical (unpaired) electrons. The Hall–Kier alpha value is -1.20. The first-order chi connectivity index (χ1) is 6.87. The predicted octanol–water partition coefficient (Wildman–Crippen LogP) is 1.10. The van der Waals surface area contributed by atoms with Crippen LogP contribution in [0.1, 0.15) is 26.7 Å². The third-order valence-electron chi connectivity index (χ3n) is 1.98. The van der Waals surface area contributed by atoms with E-state index in [0.717, 1.165) is 7.11 Å². The minimum Gasteiger partial charge on any atom is -0.467 e. The summed E-state index contributed by atoms with van der Waals surface area (Å²) in [5.74, 6) is -2.19. The molecular formula is C9H15F2NO3. The van der Waals surface area contributed by atoms with Crippen molar-refractivity contribution < 1.29 is 23.1 Å². The minimum atomic E-state index is -3.13. The van der Waals surface area contributed by atoms with Crippen molar-refractivity contribution in [2.75, 3.05) is 7.11 Å². The van der Waals surface area contributed by atoms with Crippen molar-refractivity contribution in [1.82, 2.24) is 5.32 Å². The second-order valence-corrected chi connectivity index (χ2v) is 3.36. The maximum absolute atomic E-state index is 12.0. The van der Waals surface area contributed by atoms with Crippen LogP contribution in [0.25, 0.3) is 0 Å². The minimum absolute atomic E-state index is 0.248. The van der Waals surface area contributed by atoms with Gasteiger partial charge in [-0.1, -0.05) is 13.3 Å². The fourth-order valence-electron chi connectivity index (χ4n) is 1.27. The summed E-state index contributed by atoms with van der Waals surface area (Å²) in [5, 5.41) is 1.98. The van der Waals surface area contributed by atoms with E-state index in [-0.39, 0.29) is 6.42 Å². The average molecular weight is 223 g/mol. The number of hydrogen-bond donors (Lipinski definition) is 1. The van der Waals surface area contributed by atoms with Gasteiger partial charge in [-0.15, -0.1) is 0 Å². The van der Waals surface area contributed by atoms with Crippen molar-refractivity contribution in [2.45, 2.75) is 38.7 Å². The zero-order valence-electron chi connectivity index (χ0n) is 8.97. The van der Waals surface area contributed by atoms with Gasteiger partial charge < -0.3 is 10.1 Å². The molecule has 0 spiro atoms. The summed E-state index contributed by atoms with van der Waals surface area (Å²) in [7, 11) is 1.14. The number of nitrogens with one attached hydrogen (secondary N) is 1. The lowest BCUT2D eigenvalue weighted by atomic mass is 9.96. The molecule has 0 rings (SSSR count). The van der Waals surface area contributed by atoms with Crippen molar-refractivity contribution in [3.05, 3.63) is 0 Å². The van der Waals surface area contributed by atoms with E-state index in [1.807, 2.05) is 5.32 Å². The summed E-state index contributed by atoms with van der Waals surface area (Å²) in [5.41, 5.74) is -1.38. The third kappa shape index (κ3) is 3.81. The number of carbonyl (C=O) groups excluding carboxylic acids is 2. The van der Waals surface area contributed by atoms with Crippen molar-refractivity contribution in [2.24, 2.45) is 0 Å². The molecule has 0 aliphatic heterocycles. The molecule has 0 saturated heterocycles. The maximum atomic E-state index is 12.0. The quantitative estimate of drug-likeness (QED) is 0.710. The molecule has 0 saturated carbocycles. The molecule has 1 amide bonds. The Kier molecular flexibility index (Phi) is 5.18. The fraction of sp³-hybridized carbons (Fsp3) is 0.778. The second-order valence-electron chi connectivity index (χ2n) is 3.36. The SMILES string of the molecule is CCCC(C)(NC(=O)C(F)F)C(=O)OC. The van der Waals surface area contributed by atoms with Gasteiger partial charge in [0.2, 0.25) is 0 Å². The van der Waals surface area contributed by atoms with Gasteiger partial charge >= 0.3 is 12.4 Å². The van der Waals surface area contributed by atoms with E-state index in [2.05, 4.69) is 4.74 Å². The van der Waals surface area contributed by atoms with Crippen molar-refractivity contribution in [3.63, 3.8) is 0 Å². The Balaban J connectivity index is 4.65. The number of ether oxygens (including phenoxy) is 1. The van der Waals surface area contributed by atoms with Gasteiger partial charge in [-0.3, -0.25) is 4.79 Å². The van der Waals surface area contributed by atoms with Crippen molar-refractivity contribution >= 4 is 11.9 Å². The van der Waals surface area contributed by atoms with Gasteiger partial charge in [0.05, 0.1) is 7.11 Å². The monoisotopic (exact) mass is 223 g/mol. The van der Waals surface area contributed by atoms with Crippen LogP contribution in [-0.2, 0) is 14.3 Å². The first-order valence-electron chi connectivity index (χ1n) is 4.56. The molecule has 0 heterocycles. The lowest BCUT2D eigenvalue weighted by Gasteiger charge is -2.27. The summed E-state index contributed by atoms with van der Waals surface area (Å²) in [6.07, 6.45) is -2.32. The molecule has 0 bridgehead atoms. The summed E-state index contributed by atoms with van der Waals surface area (Å²) in [4.78, 5) is 22.1. The van der Waals surface area contributed by atoms with Gasteiger partial charge in [-0.05, 0) is 13.3 Å². The Bertz CT molecular complexity index is 246. The third-order valence-corrected chi connectivity index (χ3v) is 1.98. The van der Waals surface area contributed by atoms with Gasteiger partial charge in [0, 0.05) is 0 Å². The highest BCUT2D eigenvalue weighted by Gasteiger charge is 2.36. The molecular weight excluding hydrogens is 208 g/mol. The molecule has 0 aliphatic rings. The molecule has 88 valence electrons. The number of hydrogen-bond acceptors (Lipinski definition) is 3. The van der Waals surface area contributed by atoms with E-state index in [4.69, 9.17) is 0 Å². The molecule has 1 atom stereocenters. The van der Waals surface area contributed by atoms with E-state index in [1.165, 1.54) is 6.92 Å². The van der Waals surface area contributed by atoms with E-state index < -0.39 is 23.8 Å². The number of esters is 1. The van der Waals surface area contributed by atoms with Gasteiger partial charge in [0.15, 0.2) is 0 Å². The summed E-state index contributed by atoms with van der Waals surface area (Å²) >= 11 is 0. The van der Waals surface area contributed by atoms with Crippen LogP contribution in [0.5, 0.6) is 0 Å². The largest absolute Gasteiger partial charge is 0.467 e. The van der Waals surface area contributed by atoms with Crippen LogP contribution in [0.3, 0.4) is 0 Å². The van der Waals surface area contributed by atoms with Gasteiger partial charge in [0.25, 0.3) is 5.91 Å². The lowest BCUT2D eigenvalue weighted by Crippen LogP contribution is -2.54. The number of halogens is 2. The van der Waals surface area contributed by atoms with Crippen molar-refractivity contribution in [1.29, 1.82) is 0 Å². The topological polar surface area (TPSA) is 55.4 Å². The molecule has 1 unspecified atom stereocenters. The molecule has 15 heavy (non-hydrogen) atoms. The molecule has 0 aromatic carbocycles. The molecule has 0 aromatic heterocycles. The van der Waals surface area contributed by atoms with Crippen LogP contribution >= 0.6 is 0 Å². The van der Waals surface area contributed by atoms with E-state index in [1.54, 1.807) is 6.92 Å². The van der Waals surface area contributed by atoms with Gasteiger partial charge in [-0.2, -0.15) is 8.78 Å². The number of methoxy groups -OCH3 is 1. The van der Waals surface area contributed by atoms with Crippen LogP contribution in [-0.4, -0.2) is 31.0 Å². The number of rotatable bonds is 5. The first kappa shape index (κ1) is 13.8. The molecule has 0 aromatic rings. The highest BCUT2D eigenvalue weighted by molar-refractivity contribution is 5.88. The lowest BCUT2D eigenvalue weighted by molar-refractivity contribution is -0.152. The Morgan fingerprint density at radius 1 is 1.47 bits per heavy atom. The molecule has 4 nitrogen and oxygen atoms in total. The maximum Gasteiger partial charge on any atom is 0.331 e. The highest BCUT2D eigenvalue weighted by atomic mass is 19.3. The zero-order chi connectivity index (χ0) is 12.1. The van der Waals surface area contributed by atoms with Crippen LogP contribution in [0.2, 0.25) is 0 Å². The van der Waals surface area contributed by atoms with Gasteiger partial charge in [-0.25, -0.2) is 4.79 Å². The highest BCUT2D eigenvalue weighted by Crippen LogP contribution is 2.15. The molecule has 0 aliphatic carbocycles. The number of alkyl halides is 2. The molecule has 6 heteroatoms. The number of carbonyl (C=O) groups is 2. The molecule has 1 N–H and O–H groups in total. The fourth-order valence-corrected chi connectivity index (χ4v) is 1.27. The van der Waals surface area contributed by atoms with E-state index in [9.17, 15) is 18.4 Å². The van der Waals surface area contributed by atoms with Crippen LogP contribution in [0.15, 0.2) is 0 Å². The predicted molar refractivity (Wildman–Crippen MR) is 49.5 cm³/mol. The van der Waals surface area contributed by atoms with E-state index in [0.29, 0.717) is 6.42 Å². The summed E-state index contributed by atoms with van der Waals surface area (Å²) in [6, 6.07) is 0. The molecule has 0 fully saturated rings. The Labute approximate surface area is 87.0 Å². The Morgan fingerprint density at radius 3 is 2.33 bits per heavy atom. The normalized spacial score (nSPS) is 14.5. The average Bonchev–Trinajstić information content (AvgIpc) is 2.16. The standard InChI is InChI=1S/C9H15F2NO3/c1-4-5-9(2,8(14)15-3)12-7(13)6(10)11/h6H,4-5H2,1-3H3,(H,12,13). The van der Waals surface area contributed by atoms with Crippen LogP contribution < -0.4 is 5.32 Å². The second kappa shape index (κ2) is 5.63. The Morgan fingerprint density at radius 2 is 2.00 bits per heavy atom. The van der Waals surface area contributed by atoms with Crippen molar-refractivity contribution in [3.8, 4) is 0 Å². The summed E-state index contributed by atoms with van der Waals surface area (Å²) < 4.78 is 28.5. The number of amides is 1.